The van der Waals surface area contributed by atoms with Gasteiger partial charge in [0.05, 0.1) is 5.02 Å². The van der Waals surface area contributed by atoms with Crippen molar-refractivity contribution in [2.24, 2.45) is 0 Å². The third kappa shape index (κ3) is 4.66. The fourth-order valence-electron chi connectivity index (χ4n) is 3.12. The summed E-state index contributed by atoms with van der Waals surface area (Å²) in [7, 11) is 0. The number of hydrogen-bond donors (Lipinski definition) is 4. The highest BCUT2D eigenvalue weighted by Crippen LogP contribution is 2.30. The molecular formula is C23H18Cl2N4O2. The van der Waals surface area contributed by atoms with Gasteiger partial charge in [0, 0.05) is 33.0 Å². The second kappa shape index (κ2) is 8.71. The largest absolute Gasteiger partial charge is 0.349 e. The normalized spacial score (nSPS) is 10.7. The number of rotatable bonds is 4. The van der Waals surface area contributed by atoms with Gasteiger partial charge in [0.25, 0.3) is 5.91 Å². The number of urea groups is 1. The van der Waals surface area contributed by atoms with Crippen LogP contribution in [0.25, 0.3) is 10.9 Å². The minimum Gasteiger partial charge on any atom is -0.349 e. The van der Waals surface area contributed by atoms with Gasteiger partial charge >= 0.3 is 6.03 Å². The van der Waals surface area contributed by atoms with Gasteiger partial charge in [0.15, 0.2) is 0 Å². The Morgan fingerprint density at radius 1 is 0.839 bits per heavy atom. The first-order valence-electron chi connectivity index (χ1n) is 9.42. The number of nitrogens with one attached hydrogen (secondary N) is 4. The number of carbonyl (C=O) groups is 2. The SMILES string of the molecule is Cc1ccc(NC(=O)Nc2ccccc2)cc1NC(=O)c1[nH]c2ccc(Cl)cc2c1Cl. The number of carbonyl (C=O) groups excluding carboxylic acids is 2. The molecule has 0 fully saturated rings. The molecule has 0 saturated carbocycles. The van der Waals surface area contributed by atoms with Crippen LogP contribution < -0.4 is 16.0 Å². The summed E-state index contributed by atoms with van der Waals surface area (Å²) < 4.78 is 0. The Kier molecular flexibility index (Phi) is 5.84. The zero-order valence-electron chi connectivity index (χ0n) is 16.4. The average molecular weight is 453 g/mol. The number of aromatic amines is 1. The van der Waals surface area contributed by atoms with Gasteiger partial charge in [-0.1, -0.05) is 47.5 Å². The Bertz CT molecular complexity index is 1290. The maximum atomic E-state index is 12.9. The predicted octanol–water partition coefficient (Wildman–Crippen LogP) is 6.68. The van der Waals surface area contributed by atoms with Crippen molar-refractivity contribution in [3.05, 3.63) is 88.0 Å². The van der Waals surface area contributed by atoms with E-state index in [1.165, 1.54) is 0 Å². The Hall–Kier alpha value is -3.48. The van der Waals surface area contributed by atoms with Crippen LogP contribution in [0.1, 0.15) is 16.1 Å². The molecule has 3 amide bonds. The summed E-state index contributed by atoms with van der Waals surface area (Å²) in [5, 5.41) is 9.85. The molecule has 4 rings (SSSR count). The fourth-order valence-corrected chi connectivity index (χ4v) is 3.58. The van der Waals surface area contributed by atoms with E-state index in [1.54, 1.807) is 48.5 Å². The zero-order chi connectivity index (χ0) is 22.0. The lowest BCUT2D eigenvalue weighted by atomic mass is 10.1. The quantitative estimate of drug-likeness (QED) is 0.278. The molecular weight excluding hydrogens is 435 g/mol. The minimum atomic E-state index is -0.397. The van der Waals surface area contributed by atoms with Crippen molar-refractivity contribution in [1.29, 1.82) is 0 Å². The molecule has 0 aliphatic heterocycles. The molecule has 0 aliphatic rings. The zero-order valence-corrected chi connectivity index (χ0v) is 17.9. The highest BCUT2D eigenvalue weighted by atomic mass is 35.5. The highest BCUT2D eigenvalue weighted by molar-refractivity contribution is 6.40. The standard InChI is InChI=1S/C23H18Cl2N4O2/c1-13-7-9-16(27-23(31)26-15-5-3-2-4-6-15)12-19(13)29-22(30)21-20(25)17-11-14(24)8-10-18(17)28-21/h2-12,28H,1H3,(H,29,30)(H2,26,27,31). The van der Waals surface area contributed by atoms with Crippen LogP contribution in [-0.2, 0) is 0 Å². The van der Waals surface area contributed by atoms with Crippen LogP contribution in [0.15, 0.2) is 66.7 Å². The number of aromatic nitrogens is 1. The molecule has 0 spiro atoms. The van der Waals surface area contributed by atoms with Crippen LogP contribution in [0, 0.1) is 6.92 Å². The molecule has 0 atom stereocenters. The molecule has 0 aliphatic carbocycles. The first-order chi connectivity index (χ1) is 14.9. The number of H-pyrrole nitrogens is 1. The van der Waals surface area contributed by atoms with Gasteiger partial charge in [0.2, 0.25) is 0 Å². The van der Waals surface area contributed by atoms with Crippen molar-refractivity contribution in [2.75, 3.05) is 16.0 Å². The van der Waals surface area contributed by atoms with Gasteiger partial charge in [0.1, 0.15) is 5.69 Å². The van der Waals surface area contributed by atoms with Crippen LogP contribution >= 0.6 is 23.2 Å². The molecule has 0 unspecified atom stereocenters. The summed E-state index contributed by atoms with van der Waals surface area (Å²) >= 11 is 12.4. The number of para-hydroxylation sites is 1. The average Bonchev–Trinajstić information content (AvgIpc) is 3.07. The number of fused-ring (bicyclic) bond motifs is 1. The third-order valence-electron chi connectivity index (χ3n) is 4.70. The van der Waals surface area contributed by atoms with E-state index in [0.29, 0.717) is 38.0 Å². The second-order valence-corrected chi connectivity index (χ2v) is 7.75. The molecule has 31 heavy (non-hydrogen) atoms. The van der Waals surface area contributed by atoms with Gasteiger partial charge in [-0.05, 0) is 55.0 Å². The van der Waals surface area contributed by atoms with Gasteiger partial charge < -0.3 is 20.9 Å². The lowest BCUT2D eigenvalue weighted by molar-refractivity contribution is 0.102. The van der Waals surface area contributed by atoms with Crippen LogP contribution in [0.2, 0.25) is 10.0 Å². The van der Waals surface area contributed by atoms with Crippen molar-refractivity contribution in [1.82, 2.24) is 4.98 Å². The Morgan fingerprint density at radius 2 is 1.58 bits per heavy atom. The molecule has 0 bridgehead atoms. The van der Waals surface area contributed by atoms with Crippen LogP contribution in [0.5, 0.6) is 0 Å². The van der Waals surface area contributed by atoms with Gasteiger partial charge in [-0.2, -0.15) is 0 Å². The topological polar surface area (TPSA) is 86.0 Å². The van der Waals surface area contributed by atoms with Gasteiger partial charge in [-0.15, -0.1) is 0 Å². The van der Waals surface area contributed by atoms with E-state index in [0.717, 1.165) is 5.56 Å². The monoisotopic (exact) mass is 452 g/mol. The number of aryl methyl sites for hydroxylation is 1. The van der Waals surface area contributed by atoms with Crippen molar-refractivity contribution in [2.45, 2.75) is 6.92 Å². The van der Waals surface area contributed by atoms with Gasteiger partial charge in [-0.3, -0.25) is 4.79 Å². The lowest BCUT2D eigenvalue weighted by Crippen LogP contribution is -2.20. The van der Waals surface area contributed by atoms with Crippen molar-refractivity contribution in [3.8, 4) is 0 Å². The van der Waals surface area contributed by atoms with Crippen molar-refractivity contribution in [3.63, 3.8) is 0 Å². The Labute approximate surface area is 188 Å². The summed E-state index contributed by atoms with van der Waals surface area (Å²) in [6.07, 6.45) is 0. The smallest absolute Gasteiger partial charge is 0.323 e. The van der Waals surface area contributed by atoms with Crippen LogP contribution in [0.4, 0.5) is 21.9 Å². The van der Waals surface area contributed by atoms with E-state index in [-0.39, 0.29) is 11.7 Å². The van der Waals surface area contributed by atoms with E-state index in [9.17, 15) is 9.59 Å². The minimum absolute atomic E-state index is 0.235. The molecule has 0 radical (unpaired) electrons. The maximum absolute atomic E-state index is 12.9. The van der Waals surface area contributed by atoms with E-state index in [2.05, 4.69) is 20.9 Å². The Balaban J connectivity index is 1.51. The first-order valence-corrected chi connectivity index (χ1v) is 10.2. The lowest BCUT2D eigenvalue weighted by Gasteiger charge is -2.12. The molecule has 3 aromatic carbocycles. The van der Waals surface area contributed by atoms with Crippen molar-refractivity contribution >= 4 is 63.1 Å². The molecule has 4 aromatic rings. The maximum Gasteiger partial charge on any atom is 0.323 e. The van der Waals surface area contributed by atoms with Crippen molar-refractivity contribution < 1.29 is 9.59 Å². The molecule has 0 saturated heterocycles. The molecule has 1 aromatic heterocycles. The summed E-state index contributed by atoms with van der Waals surface area (Å²) in [6.45, 7) is 1.86. The van der Waals surface area contributed by atoms with E-state index in [1.807, 2.05) is 25.1 Å². The first kappa shape index (κ1) is 20.8. The molecule has 8 heteroatoms. The molecule has 156 valence electrons. The van der Waals surface area contributed by atoms with Crippen LogP contribution in [-0.4, -0.2) is 16.9 Å². The fraction of sp³-hybridized carbons (Fsp3) is 0.0435. The van der Waals surface area contributed by atoms with E-state index < -0.39 is 5.91 Å². The van der Waals surface area contributed by atoms with E-state index in [4.69, 9.17) is 23.2 Å². The summed E-state index contributed by atoms with van der Waals surface area (Å²) in [5.41, 5.74) is 3.54. The van der Waals surface area contributed by atoms with Crippen LogP contribution in [0.3, 0.4) is 0 Å². The highest BCUT2D eigenvalue weighted by Gasteiger charge is 2.18. The second-order valence-electron chi connectivity index (χ2n) is 6.93. The molecule has 6 nitrogen and oxygen atoms in total. The Morgan fingerprint density at radius 3 is 2.35 bits per heavy atom. The van der Waals surface area contributed by atoms with Gasteiger partial charge in [-0.25, -0.2) is 4.79 Å². The number of amides is 3. The molecule has 1 heterocycles. The van der Waals surface area contributed by atoms with E-state index >= 15 is 0 Å². The number of benzene rings is 3. The molecule has 4 N–H and O–H groups in total. The summed E-state index contributed by atoms with van der Waals surface area (Å²) in [4.78, 5) is 28.1. The number of hydrogen-bond acceptors (Lipinski definition) is 2. The number of anilines is 3. The third-order valence-corrected chi connectivity index (χ3v) is 5.33. The summed E-state index contributed by atoms with van der Waals surface area (Å²) in [6, 6.07) is 19.2. The number of halogens is 2. The summed E-state index contributed by atoms with van der Waals surface area (Å²) in [5.74, 6) is -0.397. The predicted molar refractivity (Wildman–Crippen MR) is 127 cm³/mol.